The predicted molar refractivity (Wildman–Crippen MR) is 120 cm³/mol. The number of para-hydroxylation sites is 1. The quantitative estimate of drug-likeness (QED) is 0.654. The van der Waals surface area contributed by atoms with Crippen LogP contribution in [0.3, 0.4) is 0 Å². The fourth-order valence-corrected chi connectivity index (χ4v) is 6.33. The molecule has 7 nitrogen and oxygen atoms in total. The molecule has 2 aromatic carbocycles. The van der Waals surface area contributed by atoms with Crippen molar-refractivity contribution in [2.75, 3.05) is 24.8 Å². The number of hydrogen-bond donors (Lipinski definition) is 0. The Morgan fingerprint density at radius 3 is 2.84 bits per heavy atom. The summed E-state index contributed by atoms with van der Waals surface area (Å²) in [5.41, 5.74) is 2.89. The summed E-state index contributed by atoms with van der Waals surface area (Å²) in [6.45, 7) is 5.11. The van der Waals surface area contributed by atoms with Crippen LogP contribution in [0.5, 0.6) is 17.2 Å². The number of benzene rings is 2. The first-order chi connectivity index (χ1) is 15.4. The first kappa shape index (κ1) is 21.0. The maximum absolute atomic E-state index is 13.2. The van der Waals surface area contributed by atoms with Gasteiger partial charge in [-0.25, -0.2) is 8.42 Å². The minimum Gasteiger partial charge on any atom is -0.493 e. The zero-order valence-corrected chi connectivity index (χ0v) is 18.9. The average molecular weight is 456 g/mol. The topological polar surface area (TPSA) is 82.1 Å². The predicted octanol–water partition coefficient (Wildman–Crippen LogP) is 3.35. The number of hydrogen-bond acceptors (Lipinski definition) is 7. The van der Waals surface area contributed by atoms with E-state index in [4.69, 9.17) is 14.2 Å². The van der Waals surface area contributed by atoms with E-state index in [0.29, 0.717) is 49.1 Å². The molecular weight excluding hydrogens is 430 g/mol. The van der Waals surface area contributed by atoms with Crippen molar-refractivity contribution in [3.63, 3.8) is 0 Å². The van der Waals surface area contributed by atoms with Crippen molar-refractivity contribution in [3.05, 3.63) is 58.3 Å². The molecule has 1 unspecified atom stereocenters. The summed E-state index contributed by atoms with van der Waals surface area (Å²) in [5.74, 6) is 2.28. The molecule has 0 radical (unpaired) electrons. The van der Waals surface area contributed by atoms with Gasteiger partial charge in [0.1, 0.15) is 24.0 Å². The van der Waals surface area contributed by atoms with Gasteiger partial charge in [-0.3, -0.25) is 9.69 Å². The van der Waals surface area contributed by atoms with Crippen LogP contribution in [0.1, 0.15) is 40.4 Å². The monoisotopic (exact) mass is 455 g/mol. The molecule has 5 rings (SSSR count). The van der Waals surface area contributed by atoms with E-state index in [-0.39, 0.29) is 29.1 Å². The van der Waals surface area contributed by atoms with E-state index in [9.17, 15) is 13.2 Å². The van der Waals surface area contributed by atoms with Gasteiger partial charge in [0.05, 0.1) is 29.2 Å². The van der Waals surface area contributed by atoms with Gasteiger partial charge in [0.2, 0.25) is 5.78 Å². The Hall–Kier alpha value is -2.84. The largest absolute Gasteiger partial charge is 0.493 e. The van der Waals surface area contributed by atoms with Gasteiger partial charge in [-0.2, -0.15) is 0 Å². The molecule has 0 aliphatic carbocycles. The van der Waals surface area contributed by atoms with Gasteiger partial charge in [-0.05, 0) is 44.0 Å². The molecule has 1 saturated heterocycles. The smallest absolute Gasteiger partial charge is 0.232 e. The van der Waals surface area contributed by atoms with Crippen LogP contribution in [0.25, 0.3) is 6.08 Å². The summed E-state index contributed by atoms with van der Waals surface area (Å²) in [6.07, 6.45) is 2.30. The van der Waals surface area contributed by atoms with Gasteiger partial charge < -0.3 is 14.2 Å². The van der Waals surface area contributed by atoms with Gasteiger partial charge >= 0.3 is 0 Å². The van der Waals surface area contributed by atoms with Gasteiger partial charge in [0.25, 0.3) is 0 Å². The maximum Gasteiger partial charge on any atom is 0.232 e. The molecule has 2 aromatic rings. The van der Waals surface area contributed by atoms with E-state index in [0.717, 1.165) is 16.7 Å². The summed E-state index contributed by atoms with van der Waals surface area (Å²) >= 11 is 0. The number of carbonyl (C=O) groups excluding carboxylic acids is 1. The fraction of sp³-hybridized carbons (Fsp3) is 0.375. The summed E-state index contributed by atoms with van der Waals surface area (Å²) in [7, 11) is -3.01. The van der Waals surface area contributed by atoms with Crippen molar-refractivity contribution in [2.45, 2.75) is 32.9 Å². The Labute approximate surface area is 187 Å². The van der Waals surface area contributed by atoms with E-state index in [1.165, 1.54) is 0 Å². The number of sulfone groups is 1. The van der Waals surface area contributed by atoms with Crippen LogP contribution in [0.2, 0.25) is 0 Å². The molecule has 32 heavy (non-hydrogen) atoms. The second-order valence-electron chi connectivity index (χ2n) is 8.36. The summed E-state index contributed by atoms with van der Waals surface area (Å²) < 4.78 is 41.6. The van der Waals surface area contributed by atoms with Crippen molar-refractivity contribution >= 4 is 21.7 Å². The van der Waals surface area contributed by atoms with Gasteiger partial charge in [-0.15, -0.1) is 0 Å². The number of ether oxygens (including phenoxy) is 3. The SMILES string of the molecule is CCOc1ccccc1/C=C1\Oc2c3c(cc(C)c2C1=O)OCN(C1CCS(=O)(=O)C1)C3. The van der Waals surface area contributed by atoms with Crippen LogP contribution in [-0.4, -0.2) is 50.0 Å². The van der Waals surface area contributed by atoms with Crippen LogP contribution < -0.4 is 14.2 Å². The highest BCUT2D eigenvalue weighted by Crippen LogP contribution is 2.44. The molecule has 8 heteroatoms. The standard InChI is InChI=1S/C24H25NO6S/c1-3-29-19-7-5-4-6-16(19)11-21-23(26)22-15(2)10-20-18(24(22)31-21)12-25(14-30-20)17-8-9-32(27,28)13-17/h4-7,10-11,17H,3,8-9,12-14H2,1-2H3/b21-11-. The van der Waals surface area contributed by atoms with Gasteiger partial charge in [-0.1, -0.05) is 18.2 Å². The summed E-state index contributed by atoms with van der Waals surface area (Å²) in [5, 5.41) is 0. The number of rotatable bonds is 4. The third-order valence-corrected chi connectivity index (χ3v) is 7.93. The van der Waals surface area contributed by atoms with Crippen LogP contribution in [-0.2, 0) is 16.4 Å². The Balaban J connectivity index is 1.49. The van der Waals surface area contributed by atoms with E-state index in [2.05, 4.69) is 0 Å². The van der Waals surface area contributed by atoms with Gasteiger partial charge in [0, 0.05) is 18.2 Å². The normalized spacial score (nSPS) is 22.9. The molecule has 0 spiro atoms. The molecule has 0 saturated carbocycles. The first-order valence-corrected chi connectivity index (χ1v) is 12.6. The van der Waals surface area contributed by atoms with E-state index in [1.54, 1.807) is 6.08 Å². The van der Waals surface area contributed by atoms with Gasteiger partial charge in [0.15, 0.2) is 15.6 Å². The first-order valence-electron chi connectivity index (χ1n) is 10.8. The zero-order valence-electron chi connectivity index (χ0n) is 18.1. The van der Waals surface area contributed by atoms with Crippen LogP contribution in [0, 0.1) is 6.92 Å². The lowest BCUT2D eigenvalue weighted by molar-refractivity contribution is 0.0633. The Morgan fingerprint density at radius 1 is 1.28 bits per heavy atom. The highest BCUT2D eigenvalue weighted by molar-refractivity contribution is 7.91. The van der Waals surface area contributed by atoms with Crippen LogP contribution in [0.15, 0.2) is 36.1 Å². The van der Waals surface area contributed by atoms with Crippen LogP contribution in [0.4, 0.5) is 0 Å². The van der Waals surface area contributed by atoms with E-state index in [1.807, 2.05) is 49.1 Å². The molecule has 0 N–H and O–H groups in total. The fourth-order valence-electron chi connectivity index (χ4n) is 4.57. The summed E-state index contributed by atoms with van der Waals surface area (Å²) in [4.78, 5) is 15.2. The van der Waals surface area contributed by atoms with Crippen molar-refractivity contribution in [3.8, 4) is 17.2 Å². The third kappa shape index (κ3) is 3.67. The second kappa shape index (κ2) is 7.94. The summed E-state index contributed by atoms with van der Waals surface area (Å²) in [6, 6.07) is 9.29. The zero-order chi connectivity index (χ0) is 22.5. The molecule has 1 fully saturated rings. The Morgan fingerprint density at radius 2 is 2.09 bits per heavy atom. The lowest BCUT2D eigenvalue weighted by atomic mass is 9.98. The molecule has 3 aliphatic heterocycles. The highest BCUT2D eigenvalue weighted by atomic mass is 32.2. The number of ketones is 1. The van der Waals surface area contributed by atoms with E-state index < -0.39 is 9.84 Å². The number of fused-ring (bicyclic) bond motifs is 3. The van der Waals surface area contributed by atoms with Crippen molar-refractivity contribution in [1.82, 2.24) is 4.90 Å². The van der Waals surface area contributed by atoms with E-state index >= 15 is 0 Å². The Bertz CT molecular complexity index is 1230. The third-order valence-electron chi connectivity index (χ3n) is 6.18. The minimum atomic E-state index is -3.01. The molecular formula is C24H25NO6S. The number of nitrogens with zero attached hydrogens (tertiary/aromatic N) is 1. The number of carbonyl (C=O) groups is 1. The molecule has 3 heterocycles. The second-order valence-corrected chi connectivity index (χ2v) is 10.6. The lowest BCUT2D eigenvalue weighted by Crippen LogP contribution is -2.41. The lowest BCUT2D eigenvalue weighted by Gasteiger charge is -2.33. The Kier molecular flexibility index (Phi) is 5.22. The van der Waals surface area contributed by atoms with Crippen LogP contribution >= 0.6 is 0 Å². The van der Waals surface area contributed by atoms with Crippen molar-refractivity contribution in [1.29, 1.82) is 0 Å². The molecule has 1 atom stereocenters. The van der Waals surface area contributed by atoms with Crippen molar-refractivity contribution in [2.24, 2.45) is 0 Å². The number of aryl methyl sites for hydroxylation is 1. The molecule has 0 aromatic heterocycles. The number of Topliss-reactive ketones (excluding diaryl/α,β-unsaturated/α-hetero) is 1. The molecule has 0 amide bonds. The minimum absolute atomic E-state index is 0.0877. The molecule has 168 valence electrons. The molecule has 0 bridgehead atoms. The van der Waals surface area contributed by atoms with Crippen molar-refractivity contribution < 1.29 is 27.4 Å². The highest BCUT2D eigenvalue weighted by Gasteiger charge is 2.39. The average Bonchev–Trinajstić information content (AvgIpc) is 3.29. The maximum atomic E-state index is 13.2. The number of allylic oxidation sites excluding steroid dienone is 1. The molecule has 3 aliphatic rings.